The summed E-state index contributed by atoms with van der Waals surface area (Å²) in [4.78, 5) is 23.0. The van der Waals surface area contributed by atoms with Gasteiger partial charge >= 0.3 is 11.9 Å². The number of hydrogen-bond acceptors (Lipinski definition) is 4. The molecule has 0 radical (unpaired) electrons. The van der Waals surface area contributed by atoms with Crippen molar-refractivity contribution in [3.05, 3.63) is 66.2 Å². The minimum Gasteiger partial charge on any atom is -0.457 e. The Hall–Kier alpha value is -2.88. The Morgan fingerprint density at radius 1 is 0.960 bits per heavy atom. The van der Waals surface area contributed by atoms with E-state index < -0.39 is 5.97 Å². The van der Waals surface area contributed by atoms with Gasteiger partial charge in [-0.05, 0) is 35.7 Å². The summed E-state index contributed by atoms with van der Waals surface area (Å²) in [5.41, 5.74) is 3.32. The van der Waals surface area contributed by atoms with Crippen LogP contribution in [0, 0.1) is 5.92 Å². The molecule has 0 aromatic heterocycles. The highest BCUT2D eigenvalue weighted by molar-refractivity contribution is 5.86. The molecule has 0 aliphatic carbocycles. The van der Waals surface area contributed by atoms with Gasteiger partial charge in [0.1, 0.15) is 12.4 Å². The van der Waals surface area contributed by atoms with Crippen molar-refractivity contribution in [2.45, 2.75) is 27.4 Å². The summed E-state index contributed by atoms with van der Waals surface area (Å²) in [7, 11) is 0. The van der Waals surface area contributed by atoms with Crippen LogP contribution in [0.5, 0.6) is 5.75 Å². The Kier molecular flexibility index (Phi) is 6.12. The van der Waals surface area contributed by atoms with E-state index in [1.807, 2.05) is 36.4 Å². The summed E-state index contributed by atoms with van der Waals surface area (Å²) in [5.74, 6) is -0.269. The minimum atomic E-state index is -0.393. The summed E-state index contributed by atoms with van der Waals surface area (Å²) >= 11 is 0. The fourth-order valence-corrected chi connectivity index (χ4v) is 2.01. The molecule has 0 atom stereocenters. The third-order valence-corrected chi connectivity index (χ3v) is 3.55. The molecule has 0 amide bonds. The molecule has 2 aromatic carbocycles. The topological polar surface area (TPSA) is 52.6 Å². The van der Waals surface area contributed by atoms with Crippen LogP contribution in [0.25, 0.3) is 11.1 Å². The summed E-state index contributed by atoms with van der Waals surface area (Å²) in [6.45, 7) is 8.98. The second-order valence-electron chi connectivity index (χ2n) is 6.15. The molecule has 0 fully saturated rings. The first-order chi connectivity index (χ1) is 11.9. The molecule has 2 aromatic rings. The Morgan fingerprint density at radius 3 is 1.96 bits per heavy atom. The van der Waals surface area contributed by atoms with Gasteiger partial charge in [-0.3, -0.25) is 4.79 Å². The maximum atomic E-state index is 11.6. The van der Waals surface area contributed by atoms with Crippen LogP contribution in [0.2, 0.25) is 0 Å². The average molecular weight is 338 g/mol. The Bertz CT molecular complexity index is 755. The maximum Gasteiger partial charge on any atom is 0.333 e. The number of rotatable bonds is 6. The first-order valence-electron chi connectivity index (χ1n) is 8.10. The zero-order chi connectivity index (χ0) is 18.4. The van der Waals surface area contributed by atoms with Crippen LogP contribution in [0.1, 0.15) is 26.3 Å². The van der Waals surface area contributed by atoms with Gasteiger partial charge in [-0.15, -0.1) is 0 Å². The van der Waals surface area contributed by atoms with Gasteiger partial charge in [-0.2, -0.15) is 0 Å². The van der Waals surface area contributed by atoms with Crippen LogP contribution < -0.4 is 4.74 Å². The van der Waals surface area contributed by atoms with Crippen LogP contribution in [-0.4, -0.2) is 11.9 Å². The van der Waals surface area contributed by atoms with Crippen molar-refractivity contribution in [1.82, 2.24) is 0 Å². The predicted molar refractivity (Wildman–Crippen MR) is 97.0 cm³/mol. The van der Waals surface area contributed by atoms with E-state index in [-0.39, 0.29) is 18.5 Å². The lowest BCUT2D eigenvalue weighted by Gasteiger charge is -2.08. The normalized spacial score (nSPS) is 10.4. The van der Waals surface area contributed by atoms with Crippen LogP contribution in [0.15, 0.2) is 60.7 Å². The van der Waals surface area contributed by atoms with Crippen molar-refractivity contribution in [3.63, 3.8) is 0 Å². The standard InChI is InChI=1S/C21H22O4/c1-14(2)20(22)24-13-16-5-7-17(8-6-16)18-9-11-19(12-10-18)25-21(23)15(3)4/h5-12,15H,1,13H2,2-4H3. The maximum absolute atomic E-state index is 11.6. The van der Waals surface area contributed by atoms with Crippen molar-refractivity contribution in [2.75, 3.05) is 0 Å². The molecule has 0 unspecified atom stereocenters. The molecule has 4 nitrogen and oxygen atoms in total. The predicted octanol–water partition coefficient (Wildman–Crippen LogP) is 4.53. The molecule has 0 bridgehead atoms. The first kappa shape index (κ1) is 18.5. The number of benzene rings is 2. The van der Waals surface area contributed by atoms with Crippen molar-refractivity contribution in [1.29, 1.82) is 0 Å². The van der Waals surface area contributed by atoms with Gasteiger partial charge in [0, 0.05) is 5.57 Å². The number of carbonyl (C=O) groups excluding carboxylic acids is 2. The van der Waals surface area contributed by atoms with Crippen molar-refractivity contribution in [3.8, 4) is 16.9 Å². The second-order valence-corrected chi connectivity index (χ2v) is 6.15. The molecule has 0 aliphatic heterocycles. The summed E-state index contributed by atoms with van der Waals surface area (Å²) in [6, 6.07) is 15.1. The molecule has 2 rings (SSSR count). The fourth-order valence-electron chi connectivity index (χ4n) is 2.01. The van der Waals surface area contributed by atoms with E-state index >= 15 is 0 Å². The Labute approximate surface area is 148 Å². The van der Waals surface area contributed by atoms with E-state index in [0.29, 0.717) is 11.3 Å². The van der Waals surface area contributed by atoms with E-state index in [9.17, 15) is 9.59 Å². The number of hydrogen-bond donors (Lipinski definition) is 0. The first-order valence-corrected chi connectivity index (χ1v) is 8.10. The lowest BCUT2D eigenvalue weighted by molar-refractivity contribution is -0.140. The monoisotopic (exact) mass is 338 g/mol. The molecule has 0 heterocycles. The highest BCUT2D eigenvalue weighted by Crippen LogP contribution is 2.23. The minimum absolute atomic E-state index is 0.161. The molecular formula is C21H22O4. The van der Waals surface area contributed by atoms with E-state index in [0.717, 1.165) is 16.7 Å². The zero-order valence-corrected chi connectivity index (χ0v) is 14.7. The third-order valence-electron chi connectivity index (χ3n) is 3.55. The molecular weight excluding hydrogens is 316 g/mol. The summed E-state index contributed by atoms with van der Waals surface area (Å²) < 4.78 is 10.4. The van der Waals surface area contributed by atoms with Crippen LogP contribution in [0.3, 0.4) is 0 Å². The Morgan fingerprint density at radius 2 is 1.48 bits per heavy atom. The second kappa shape index (κ2) is 8.29. The van der Waals surface area contributed by atoms with Crippen LogP contribution in [-0.2, 0) is 20.9 Å². The van der Waals surface area contributed by atoms with Gasteiger partial charge in [0.25, 0.3) is 0 Å². The van der Waals surface area contributed by atoms with Gasteiger partial charge < -0.3 is 9.47 Å². The lowest BCUT2D eigenvalue weighted by atomic mass is 10.0. The molecule has 4 heteroatoms. The van der Waals surface area contributed by atoms with Gasteiger partial charge in [0.05, 0.1) is 5.92 Å². The van der Waals surface area contributed by atoms with Crippen LogP contribution >= 0.6 is 0 Å². The van der Waals surface area contributed by atoms with E-state index in [4.69, 9.17) is 9.47 Å². The largest absolute Gasteiger partial charge is 0.457 e. The summed E-state index contributed by atoms with van der Waals surface area (Å²) in [5, 5.41) is 0. The number of ether oxygens (including phenoxy) is 2. The van der Waals surface area contributed by atoms with Crippen LogP contribution in [0.4, 0.5) is 0 Å². The highest BCUT2D eigenvalue weighted by atomic mass is 16.5. The summed E-state index contributed by atoms with van der Waals surface area (Å²) in [6.07, 6.45) is 0. The van der Waals surface area contributed by atoms with E-state index in [2.05, 4.69) is 6.58 Å². The smallest absolute Gasteiger partial charge is 0.333 e. The molecule has 0 aliphatic rings. The SMILES string of the molecule is C=C(C)C(=O)OCc1ccc(-c2ccc(OC(=O)C(C)C)cc2)cc1. The molecule has 0 saturated heterocycles. The lowest BCUT2D eigenvalue weighted by Crippen LogP contribution is -2.14. The highest BCUT2D eigenvalue weighted by Gasteiger charge is 2.09. The molecule has 130 valence electrons. The Balaban J connectivity index is 2.01. The molecule has 0 saturated carbocycles. The number of esters is 2. The molecule has 0 N–H and O–H groups in total. The van der Waals surface area contributed by atoms with Gasteiger partial charge in [-0.1, -0.05) is 56.8 Å². The van der Waals surface area contributed by atoms with Crippen molar-refractivity contribution < 1.29 is 19.1 Å². The van der Waals surface area contributed by atoms with Gasteiger partial charge in [-0.25, -0.2) is 4.79 Å². The quantitative estimate of drug-likeness (QED) is 0.441. The number of carbonyl (C=O) groups is 2. The van der Waals surface area contributed by atoms with Gasteiger partial charge in [0.2, 0.25) is 0 Å². The van der Waals surface area contributed by atoms with E-state index in [1.54, 1.807) is 32.9 Å². The zero-order valence-electron chi connectivity index (χ0n) is 14.7. The third kappa shape index (κ3) is 5.31. The van der Waals surface area contributed by atoms with Gasteiger partial charge in [0.15, 0.2) is 0 Å². The molecule has 0 spiro atoms. The molecule has 25 heavy (non-hydrogen) atoms. The average Bonchev–Trinajstić information content (AvgIpc) is 2.60. The fraction of sp³-hybridized carbons (Fsp3) is 0.238. The van der Waals surface area contributed by atoms with E-state index in [1.165, 1.54) is 0 Å². The van der Waals surface area contributed by atoms with Crippen molar-refractivity contribution >= 4 is 11.9 Å². The van der Waals surface area contributed by atoms with Crippen molar-refractivity contribution in [2.24, 2.45) is 5.92 Å².